The van der Waals surface area contributed by atoms with Crippen molar-refractivity contribution in [2.75, 3.05) is 13.1 Å². The van der Waals surface area contributed by atoms with Crippen LogP contribution < -0.4 is 10.6 Å². The highest BCUT2D eigenvalue weighted by Crippen LogP contribution is 2.35. The van der Waals surface area contributed by atoms with Crippen molar-refractivity contribution in [1.82, 2.24) is 30.1 Å². The van der Waals surface area contributed by atoms with Gasteiger partial charge in [-0.2, -0.15) is 0 Å². The molecule has 2 saturated heterocycles. The first-order valence-electron chi connectivity index (χ1n) is 14.7. The monoisotopic (exact) mass is 596 g/mol. The standard InChI is InChI=1S/C31H35F3N6O3/c1-16(2)27(38-31(42)43)30(41)39-9-3-4-21(39)15-40-26-8-6-18(33)12-25(26)37-29(40)28-23(13-20-10-19(34)14-35-20)22-7-5-17(32)11-24(22)36-28/h5-8,11-12,16,19-21,27,35-36,38H,3-4,9-10,13-15H2,1-2H3,(H,42,43)/t19-,20-,21-,27-/m0/s1. The van der Waals surface area contributed by atoms with Crippen LogP contribution in [-0.4, -0.2) is 73.9 Å². The number of carbonyl (C=O) groups excluding carboxylic acids is 1. The van der Waals surface area contributed by atoms with Gasteiger partial charge < -0.3 is 30.2 Å². The Morgan fingerprint density at radius 2 is 1.93 bits per heavy atom. The van der Waals surface area contributed by atoms with Crippen molar-refractivity contribution in [2.24, 2.45) is 5.92 Å². The highest BCUT2D eigenvalue weighted by Gasteiger charge is 2.36. The second-order valence-electron chi connectivity index (χ2n) is 12.0. The molecule has 4 N–H and O–H groups in total. The molecule has 0 saturated carbocycles. The van der Waals surface area contributed by atoms with E-state index in [1.54, 1.807) is 30.9 Å². The fourth-order valence-corrected chi connectivity index (χ4v) is 6.63. The second kappa shape index (κ2) is 11.6. The molecule has 0 aliphatic carbocycles. The summed E-state index contributed by atoms with van der Waals surface area (Å²) < 4.78 is 44.7. The quantitative estimate of drug-likeness (QED) is 0.229. The first-order valence-corrected chi connectivity index (χ1v) is 14.7. The number of imidazole rings is 1. The first-order chi connectivity index (χ1) is 20.6. The zero-order valence-electron chi connectivity index (χ0n) is 24.0. The maximum atomic E-state index is 14.4. The Kier molecular flexibility index (Phi) is 7.80. The van der Waals surface area contributed by atoms with Crippen LogP contribution in [0.4, 0.5) is 18.0 Å². The van der Waals surface area contributed by atoms with Gasteiger partial charge in [0.25, 0.3) is 0 Å². The topological polar surface area (TPSA) is 115 Å². The van der Waals surface area contributed by atoms with Crippen LogP contribution in [0.2, 0.25) is 0 Å². The van der Waals surface area contributed by atoms with Gasteiger partial charge in [-0.05, 0) is 67.5 Å². The third-order valence-corrected chi connectivity index (χ3v) is 8.69. The number of hydrogen-bond donors (Lipinski definition) is 4. The zero-order valence-corrected chi connectivity index (χ0v) is 24.0. The summed E-state index contributed by atoms with van der Waals surface area (Å²) in [6, 6.07) is 7.59. The van der Waals surface area contributed by atoms with Gasteiger partial charge in [-0.25, -0.2) is 22.9 Å². The molecule has 0 bridgehead atoms. The number of carboxylic acid groups (broad SMARTS) is 1. The lowest BCUT2D eigenvalue weighted by Crippen LogP contribution is -2.52. The molecule has 0 unspecified atom stereocenters. The molecule has 0 spiro atoms. The Labute approximate surface area is 246 Å². The summed E-state index contributed by atoms with van der Waals surface area (Å²) in [5, 5.41) is 15.7. The summed E-state index contributed by atoms with van der Waals surface area (Å²) in [6.45, 7) is 4.68. The summed E-state index contributed by atoms with van der Waals surface area (Å²) in [7, 11) is 0. The number of alkyl halides is 1. The van der Waals surface area contributed by atoms with Crippen molar-refractivity contribution < 1.29 is 27.9 Å². The van der Waals surface area contributed by atoms with Crippen molar-refractivity contribution in [3.8, 4) is 11.5 Å². The van der Waals surface area contributed by atoms with Gasteiger partial charge in [-0.3, -0.25) is 4.79 Å². The maximum absolute atomic E-state index is 14.4. The summed E-state index contributed by atoms with van der Waals surface area (Å²) in [5.74, 6) is -0.874. The third-order valence-electron chi connectivity index (χ3n) is 8.69. The third kappa shape index (κ3) is 5.67. The van der Waals surface area contributed by atoms with Gasteiger partial charge in [0.2, 0.25) is 5.91 Å². The lowest BCUT2D eigenvalue weighted by Gasteiger charge is -2.31. The van der Waals surface area contributed by atoms with E-state index in [0.717, 1.165) is 17.4 Å². The highest BCUT2D eigenvalue weighted by molar-refractivity contribution is 5.92. The summed E-state index contributed by atoms with van der Waals surface area (Å²) in [6.07, 6.45) is 0.0727. The number of amides is 2. The summed E-state index contributed by atoms with van der Waals surface area (Å²) >= 11 is 0. The van der Waals surface area contributed by atoms with Crippen molar-refractivity contribution in [3.63, 3.8) is 0 Å². The van der Waals surface area contributed by atoms with Gasteiger partial charge >= 0.3 is 6.09 Å². The fourth-order valence-electron chi connectivity index (χ4n) is 6.63. The average Bonchev–Trinajstić information content (AvgIpc) is 3.73. The van der Waals surface area contributed by atoms with Crippen LogP contribution in [0.15, 0.2) is 36.4 Å². The van der Waals surface area contributed by atoms with E-state index in [4.69, 9.17) is 4.98 Å². The molecule has 2 aromatic heterocycles. The van der Waals surface area contributed by atoms with Crippen molar-refractivity contribution in [3.05, 3.63) is 53.6 Å². The number of fused-ring (bicyclic) bond motifs is 2. The number of aromatic amines is 1. The van der Waals surface area contributed by atoms with E-state index in [-0.39, 0.29) is 30.5 Å². The number of likely N-dealkylation sites (tertiary alicyclic amines) is 1. The average molecular weight is 597 g/mol. The molecule has 12 heteroatoms. The Hall–Kier alpha value is -4.06. The second-order valence-corrected chi connectivity index (χ2v) is 12.0. The highest BCUT2D eigenvalue weighted by atomic mass is 19.1. The zero-order chi connectivity index (χ0) is 30.4. The van der Waals surface area contributed by atoms with E-state index >= 15 is 0 Å². The van der Waals surface area contributed by atoms with Gasteiger partial charge in [0.05, 0.1) is 16.7 Å². The number of aromatic nitrogens is 3. The molecular formula is C31H35F3N6O3. The summed E-state index contributed by atoms with van der Waals surface area (Å²) in [5.41, 5.74) is 3.14. The van der Waals surface area contributed by atoms with Crippen molar-refractivity contribution >= 4 is 33.9 Å². The minimum Gasteiger partial charge on any atom is -0.465 e. The molecule has 2 aliphatic rings. The van der Waals surface area contributed by atoms with E-state index in [2.05, 4.69) is 15.6 Å². The molecule has 2 amide bonds. The first kappa shape index (κ1) is 29.0. The molecule has 9 nitrogen and oxygen atoms in total. The minimum atomic E-state index is -1.26. The van der Waals surface area contributed by atoms with E-state index in [0.29, 0.717) is 60.4 Å². The van der Waals surface area contributed by atoms with E-state index in [1.807, 2.05) is 4.57 Å². The molecule has 4 atom stereocenters. The van der Waals surface area contributed by atoms with E-state index in [1.165, 1.54) is 24.3 Å². The van der Waals surface area contributed by atoms with Crippen molar-refractivity contribution in [2.45, 2.75) is 70.4 Å². The Balaban J connectivity index is 1.44. The number of nitrogens with zero attached hydrogens (tertiary/aromatic N) is 3. The number of nitrogens with one attached hydrogen (secondary N) is 3. The van der Waals surface area contributed by atoms with Crippen molar-refractivity contribution in [1.29, 1.82) is 0 Å². The SMILES string of the molecule is CC(C)[C@H](NC(=O)O)C(=O)N1CCC[C@H]1Cn1c(-c2[nH]c3cc(F)ccc3c2C[C@@H]2C[C@H](F)CN2)nc2cc(F)ccc21. The molecule has 2 fully saturated rings. The normalized spacial score (nSPS) is 21.3. The molecule has 6 rings (SSSR count). The Morgan fingerprint density at radius 1 is 1.16 bits per heavy atom. The maximum Gasteiger partial charge on any atom is 0.405 e. The predicted molar refractivity (Wildman–Crippen MR) is 156 cm³/mol. The molecule has 0 radical (unpaired) electrons. The van der Waals surface area contributed by atoms with Crippen LogP contribution >= 0.6 is 0 Å². The summed E-state index contributed by atoms with van der Waals surface area (Å²) in [4.78, 5) is 34.9. The van der Waals surface area contributed by atoms with E-state index in [9.17, 15) is 27.9 Å². The molecule has 43 heavy (non-hydrogen) atoms. The Morgan fingerprint density at radius 3 is 2.65 bits per heavy atom. The minimum absolute atomic E-state index is 0.120. The van der Waals surface area contributed by atoms with Gasteiger partial charge in [-0.1, -0.05) is 13.8 Å². The molecule has 228 valence electrons. The van der Waals surface area contributed by atoms with Gasteiger partial charge in [0.15, 0.2) is 5.82 Å². The number of carbonyl (C=O) groups is 2. The predicted octanol–water partition coefficient (Wildman–Crippen LogP) is 4.99. The molecule has 4 heterocycles. The number of H-pyrrole nitrogens is 1. The smallest absolute Gasteiger partial charge is 0.405 e. The van der Waals surface area contributed by atoms with Gasteiger partial charge in [0.1, 0.15) is 23.8 Å². The fraction of sp³-hybridized carbons (Fsp3) is 0.452. The largest absolute Gasteiger partial charge is 0.465 e. The lowest BCUT2D eigenvalue weighted by molar-refractivity contribution is -0.135. The van der Waals surface area contributed by atoms with Crippen LogP contribution in [0, 0.1) is 17.6 Å². The molecule has 2 aliphatic heterocycles. The van der Waals surface area contributed by atoms with Crippen LogP contribution in [-0.2, 0) is 17.8 Å². The van der Waals surface area contributed by atoms with Crippen LogP contribution in [0.3, 0.4) is 0 Å². The lowest BCUT2D eigenvalue weighted by atomic mass is 10.0. The number of halogens is 3. The van der Waals surface area contributed by atoms with Gasteiger partial charge in [0, 0.05) is 48.7 Å². The van der Waals surface area contributed by atoms with E-state index < -0.39 is 29.9 Å². The molecule has 2 aromatic carbocycles. The molecule has 4 aromatic rings. The van der Waals surface area contributed by atoms with Crippen LogP contribution in [0.5, 0.6) is 0 Å². The Bertz CT molecular complexity index is 1680. The molecular weight excluding hydrogens is 561 g/mol. The van der Waals surface area contributed by atoms with Crippen LogP contribution in [0.25, 0.3) is 33.5 Å². The number of rotatable bonds is 8. The number of hydrogen-bond acceptors (Lipinski definition) is 4. The van der Waals surface area contributed by atoms with Crippen LogP contribution in [0.1, 0.15) is 38.7 Å². The van der Waals surface area contributed by atoms with Gasteiger partial charge in [-0.15, -0.1) is 0 Å². The number of benzene rings is 2.